The Balaban J connectivity index is 2.29. The molecular weight excluding hydrogens is 269 g/mol. The first-order valence-corrected chi connectivity index (χ1v) is 5.83. The molecule has 96 valence electrons. The topological polar surface area (TPSA) is 69.6 Å². The molecular formula is C12H9ClFN5. The van der Waals surface area contributed by atoms with Crippen LogP contribution in [0.5, 0.6) is 0 Å². The minimum absolute atomic E-state index is 0.183. The molecule has 2 N–H and O–H groups in total. The van der Waals surface area contributed by atoms with E-state index in [1.165, 1.54) is 0 Å². The molecule has 0 unspecified atom stereocenters. The number of fused-ring (bicyclic) bond motifs is 1. The van der Waals surface area contributed by atoms with Crippen LogP contribution in [0.3, 0.4) is 0 Å². The molecule has 0 aliphatic carbocycles. The highest BCUT2D eigenvalue weighted by Crippen LogP contribution is 2.29. The van der Waals surface area contributed by atoms with Crippen LogP contribution in [0.25, 0.3) is 22.4 Å². The summed E-state index contributed by atoms with van der Waals surface area (Å²) in [6.07, 6.45) is 4.42. The van der Waals surface area contributed by atoms with Crippen molar-refractivity contribution in [3.05, 3.63) is 35.5 Å². The van der Waals surface area contributed by atoms with E-state index in [2.05, 4.69) is 15.0 Å². The third-order valence-electron chi connectivity index (χ3n) is 2.79. The molecule has 0 saturated heterocycles. The van der Waals surface area contributed by atoms with Crippen molar-refractivity contribution in [2.24, 2.45) is 7.05 Å². The molecule has 3 aromatic rings. The van der Waals surface area contributed by atoms with Crippen LogP contribution >= 0.6 is 11.6 Å². The zero-order chi connectivity index (χ0) is 13.6. The first-order valence-electron chi connectivity index (χ1n) is 5.45. The van der Waals surface area contributed by atoms with Crippen molar-refractivity contribution in [3.8, 4) is 11.4 Å². The van der Waals surface area contributed by atoms with Gasteiger partial charge >= 0.3 is 0 Å². The van der Waals surface area contributed by atoms with Gasteiger partial charge in [0.1, 0.15) is 5.65 Å². The quantitative estimate of drug-likeness (QED) is 0.741. The molecule has 19 heavy (non-hydrogen) atoms. The van der Waals surface area contributed by atoms with Crippen LogP contribution in [0.2, 0.25) is 5.02 Å². The fraction of sp³-hybridized carbons (Fsp3) is 0.0833. The molecule has 0 bridgehead atoms. The van der Waals surface area contributed by atoms with Crippen molar-refractivity contribution in [2.45, 2.75) is 0 Å². The molecule has 0 spiro atoms. The van der Waals surface area contributed by atoms with Gasteiger partial charge in [0.2, 0.25) is 0 Å². The average molecular weight is 278 g/mol. The lowest BCUT2D eigenvalue weighted by atomic mass is 10.2. The number of aryl methyl sites for hydroxylation is 1. The summed E-state index contributed by atoms with van der Waals surface area (Å²) in [4.78, 5) is 12.1. The highest BCUT2D eigenvalue weighted by molar-refractivity contribution is 6.31. The molecule has 0 atom stereocenters. The van der Waals surface area contributed by atoms with E-state index in [1.54, 1.807) is 18.5 Å². The number of rotatable bonds is 1. The highest BCUT2D eigenvalue weighted by Gasteiger charge is 2.14. The Morgan fingerprint density at radius 1 is 1.32 bits per heavy atom. The normalized spacial score (nSPS) is 11.1. The Hall–Kier alpha value is -2.21. The molecule has 5 nitrogen and oxygen atoms in total. The SMILES string of the molecule is Cn1cc(-c2ncc(F)c(N)n2)c2cc(Cl)cnc21. The van der Waals surface area contributed by atoms with Gasteiger partial charge in [0, 0.05) is 30.4 Å². The van der Waals surface area contributed by atoms with Crippen molar-refractivity contribution in [2.75, 3.05) is 5.73 Å². The lowest BCUT2D eigenvalue weighted by molar-refractivity contribution is 0.620. The van der Waals surface area contributed by atoms with Crippen LogP contribution in [0.1, 0.15) is 0 Å². The minimum Gasteiger partial charge on any atom is -0.381 e. The van der Waals surface area contributed by atoms with Gasteiger partial charge in [0.15, 0.2) is 17.5 Å². The lowest BCUT2D eigenvalue weighted by Crippen LogP contribution is -1.98. The summed E-state index contributed by atoms with van der Waals surface area (Å²) >= 11 is 5.95. The fourth-order valence-corrected chi connectivity index (χ4v) is 2.08. The number of nitrogen functional groups attached to an aromatic ring is 1. The van der Waals surface area contributed by atoms with Gasteiger partial charge in [-0.05, 0) is 6.07 Å². The van der Waals surface area contributed by atoms with E-state index in [4.69, 9.17) is 17.3 Å². The van der Waals surface area contributed by atoms with Crippen molar-refractivity contribution < 1.29 is 4.39 Å². The van der Waals surface area contributed by atoms with Gasteiger partial charge in [-0.3, -0.25) is 0 Å². The zero-order valence-corrected chi connectivity index (χ0v) is 10.7. The van der Waals surface area contributed by atoms with Crippen molar-refractivity contribution in [1.29, 1.82) is 0 Å². The maximum atomic E-state index is 13.1. The fourth-order valence-electron chi connectivity index (χ4n) is 1.92. The van der Waals surface area contributed by atoms with Crippen LogP contribution in [-0.4, -0.2) is 19.5 Å². The van der Waals surface area contributed by atoms with Gasteiger partial charge in [-0.2, -0.15) is 0 Å². The monoisotopic (exact) mass is 277 g/mol. The van der Waals surface area contributed by atoms with E-state index >= 15 is 0 Å². The van der Waals surface area contributed by atoms with Gasteiger partial charge in [-0.15, -0.1) is 0 Å². The molecule has 7 heteroatoms. The summed E-state index contributed by atoms with van der Waals surface area (Å²) in [6, 6.07) is 1.77. The third-order valence-corrected chi connectivity index (χ3v) is 3.00. The second-order valence-electron chi connectivity index (χ2n) is 4.11. The first kappa shape index (κ1) is 11.9. The van der Waals surface area contributed by atoms with Gasteiger partial charge < -0.3 is 10.3 Å². The van der Waals surface area contributed by atoms with E-state index in [-0.39, 0.29) is 5.82 Å². The maximum absolute atomic E-state index is 13.1. The second-order valence-corrected chi connectivity index (χ2v) is 4.54. The molecule has 0 aliphatic heterocycles. The number of nitrogens with two attached hydrogens (primary N) is 1. The van der Waals surface area contributed by atoms with Crippen LogP contribution in [0.15, 0.2) is 24.7 Å². The Labute approximate surface area is 112 Å². The molecule has 0 fully saturated rings. The number of hydrogen-bond acceptors (Lipinski definition) is 4. The van der Waals surface area contributed by atoms with Gasteiger partial charge in [0.05, 0.1) is 11.2 Å². The highest BCUT2D eigenvalue weighted by atomic mass is 35.5. The number of halogens is 2. The maximum Gasteiger partial charge on any atom is 0.183 e. The summed E-state index contributed by atoms with van der Waals surface area (Å²) in [6.45, 7) is 0. The van der Waals surface area contributed by atoms with Gasteiger partial charge in [0.25, 0.3) is 0 Å². The number of aromatic nitrogens is 4. The first-order chi connectivity index (χ1) is 9.06. The molecule has 0 aromatic carbocycles. The molecule has 0 saturated carbocycles. The van der Waals surface area contributed by atoms with Crippen molar-refractivity contribution in [3.63, 3.8) is 0 Å². The molecule has 0 amide bonds. The predicted octanol–water partition coefficient (Wildman–Crippen LogP) is 2.41. The van der Waals surface area contributed by atoms with E-state index in [0.29, 0.717) is 16.4 Å². The zero-order valence-electron chi connectivity index (χ0n) is 9.93. The number of anilines is 1. The summed E-state index contributed by atoms with van der Waals surface area (Å²) in [5.74, 6) is -0.481. The summed E-state index contributed by atoms with van der Waals surface area (Å²) in [7, 11) is 1.85. The molecule has 0 radical (unpaired) electrons. The third kappa shape index (κ3) is 1.90. The standard InChI is InChI=1S/C12H9ClFN5/c1-19-5-8(7-2-6(13)3-17-12(7)19)11-16-4-9(14)10(15)18-11/h2-5H,1H3,(H2,15,16,18). The van der Waals surface area contributed by atoms with Crippen LogP contribution < -0.4 is 5.73 Å². The Morgan fingerprint density at radius 3 is 2.84 bits per heavy atom. The number of nitrogens with zero attached hydrogens (tertiary/aromatic N) is 4. The van der Waals surface area contributed by atoms with Crippen LogP contribution in [0, 0.1) is 5.82 Å². The predicted molar refractivity (Wildman–Crippen MR) is 71.1 cm³/mol. The summed E-state index contributed by atoms with van der Waals surface area (Å²) < 4.78 is 14.9. The van der Waals surface area contributed by atoms with Crippen molar-refractivity contribution >= 4 is 28.5 Å². The lowest BCUT2D eigenvalue weighted by Gasteiger charge is -2.00. The van der Waals surface area contributed by atoms with E-state index in [1.807, 2.05) is 11.6 Å². The van der Waals surface area contributed by atoms with Gasteiger partial charge in [-0.25, -0.2) is 19.3 Å². The summed E-state index contributed by atoms with van der Waals surface area (Å²) in [5.41, 5.74) is 6.91. The smallest absolute Gasteiger partial charge is 0.183 e. The average Bonchev–Trinajstić information content (AvgIpc) is 2.70. The Bertz CT molecular complexity index is 783. The number of hydrogen-bond donors (Lipinski definition) is 1. The molecule has 3 rings (SSSR count). The molecule has 3 aromatic heterocycles. The second kappa shape index (κ2) is 4.17. The largest absolute Gasteiger partial charge is 0.381 e. The number of pyridine rings is 1. The van der Waals surface area contributed by atoms with E-state index in [0.717, 1.165) is 17.2 Å². The van der Waals surface area contributed by atoms with Gasteiger partial charge in [-0.1, -0.05) is 11.6 Å². The van der Waals surface area contributed by atoms with Crippen LogP contribution in [0.4, 0.5) is 10.2 Å². The van der Waals surface area contributed by atoms with E-state index < -0.39 is 5.82 Å². The molecule has 3 heterocycles. The minimum atomic E-state index is -0.639. The van der Waals surface area contributed by atoms with Crippen LogP contribution in [-0.2, 0) is 7.05 Å². The molecule has 0 aliphatic rings. The van der Waals surface area contributed by atoms with E-state index in [9.17, 15) is 4.39 Å². The summed E-state index contributed by atoms with van der Waals surface area (Å²) in [5, 5.41) is 1.30. The Morgan fingerprint density at radius 2 is 2.11 bits per heavy atom. The van der Waals surface area contributed by atoms with Crippen molar-refractivity contribution in [1.82, 2.24) is 19.5 Å². The Kier molecular flexibility index (Phi) is 2.60.